The van der Waals surface area contributed by atoms with Crippen molar-refractivity contribution in [3.8, 4) is 10.6 Å². The van der Waals surface area contributed by atoms with Crippen LogP contribution < -0.4 is 5.32 Å². The highest BCUT2D eigenvalue weighted by Crippen LogP contribution is 2.24. The van der Waals surface area contributed by atoms with E-state index in [1.807, 2.05) is 29.6 Å². The van der Waals surface area contributed by atoms with Crippen molar-refractivity contribution in [2.75, 3.05) is 11.9 Å². The first-order chi connectivity index (χ1) is 10.3. The SMILES string of the molecule is O=C(CC[C@H]1CCCO1)Nc1cccc(-c2nccs2)c1. The second-order valence-electron chi connectivity index (χ2n) is 5.14. The Balaban J connectivity index is 1.56. The third-order valence-corrected chi connectivity index (χ3v) is 4.37. The summed E-state index contributed by atoms with van der Waals surface area (Å²) in [6.45, 7) is 0.835. The van der Waals surface area contributed by atoms with Crippen LogP contribution in [-0.2, 0) is 9.53 Å². The summed E-state index contributed by atoms with van der Waals surface area (Å²) in [7, 11) is 0. The molecule has 2 aromatic rings. The van der Waals surface area contributed by atoms with Crippen molar-refractivity contribution < 1.29 is 9.53 Å². The Kier molecular flexibility index (Phi) is 4.62. The molecule has 1 aromatic heterocycles. The van der Waals surface area contributed by atoms with Gasteiger partial charge in [-0.15, -0.1) is 11.3 Å². The van der Waals surface area contributed by atoms with Crippen molar-refractivity contribution in [1.29, 1.82) is 0 Å². The highest BCUT2D eigenvalue weighted by atomic mass is 32.1. The molecule has 1 atom stereocenters. The Hall–Kier alpha value is -1.72. The van der Waals surface area contributed by atoms with Gasteiger partial charge in [-0.05, 0) is 31.4 Å². The second-order valence-corrected chi connectivity index (χ2v) is 6.03. The number of ether oxygens (including phenoxy) is 1. The Morgan fingerprint density at radius 3 is 3.19 bits per heavy atom. The average Bonchev–Trinajstić information content (AvgIpc) is 3.19. The van der Waals surface area contributed by atoms with Crippen molar-refractivity contribution in [3.63, 3.8) is 0 Å². The Bertz CT molecular complexity index is 592. The topological polar surface area (TPSA) is 51.2 Å². The highest BCUT2D eigenvalue weighted by Gasteiger charge is 2.16. The van der Waals surface area contributed by atoms with Crippen molar-refractivity contribution in [2.24, 2.45) is 0 Å². The summed E-state index contributed by atoms with van der Waals surface area (Å²) in [6.07, 6.45) is 5.55. The van der Waals surface area contributed by atoms with Gasteiger partial charge in [-0.25, -0.2) is 4.98 Å². The van der Waals surface area contributed by atoms with E-state index in [0.717, 1.165) is 42.1 Å². The monoisotopic (exact) mass is 302 g/mol. The van der Waals surface area contributed by atoms with Gasteiger partial charge in [0.2, 0.25) is 5.91 Å². The number of anilines is 1. The second kappa shape index (κ2) is 6.83. The van der Waals surface area contributed by atoms with Gasteiger partial charge < -0.3 is 10.1 Å². The maximum atomic E-state index is 12.0. The first kappa shape index (κ1) is 14.2. The number of nitrogens with zero attached hydrogens (tertiary/aromatic N) is 1. The molecule has 4 nitrogen and oxygen atoms in total. The third kappa shape index (κ3) is 3.89. The predicted octanol–water partition coefficient (Wildman–Crippen LogP) is 3.71. The zero-order valence-electron chi connectivity index (χ0n) is 11.7. The maximum Gasteiger partial charge on any atom is 0.224 e. The van der Waals surface area contributed by atoms with E-state index in [1.165, 1.54) is 0 Å². The van der Waals surface area contributed by atoms with Gasteiger partial charge in [0, 0.05) is 35.9 Å². The van der Waals surface area contributed by atoms with Crippen LogP contribution in [0, 0.1) is 0 Å². The van der Waals surface area contributed by atoms with Crippen LogP contribution in [0.3, 0.4) is 0 Å². The predicted molar refractivity (Wildman–Crippen MR) is 84.4 cm³/mol. The average molecular weight is 302 g/mol. The van der Waals surface area contributed by atoms with Crippen LogP contribution in [0.2, 0.25) is 0 Å². The Labute approximate surface area is 128 Å². The standard InChI is InChI=1S/C16H18N2O2S/c19-15(7-6-14-5-2-9-20-14)18-13-4-1-3-12(11-13)16-17-8-10-21-16/h1,3-4,8,10-11,14H,2,5-7,9H2,(H,18,19)/t14-/m1/s1. The van der Waals surface area contributed by atoms with Gasteiger partial charge >= 0.3 is 0 Å². The molecular weight excluding hydrogens is 284 g/mol. The first-order valence-electron chi connectivity index (χ1n) is 7.22. The van der Waals surface area contributed by atoms with E-state index < -0.39 is 0 Å². The lowest BCUT2D eigenvalue weighted by Crippen LogP contribution is -2.15. The molecule has 0 spiro atoms. The van der Waals surface area contributed by atoms with Gasteiger partial charge in [0.05, 0.1) is 6.10 Å². The van der Waals surface area contributed by atoms with E-state index in [-0.39, 0.29) is 12.0 Å². The molecule has 110 valence electrons. The smallest absolute Gasteiger partial charge is 0.224 e. The lowest BCUT2D eigenvalue weighted by molar-refractivity contribution is -0.116. The normalized spacial score (nSPS) is 17.8. The van der Waals surface area contributed by atoms with Gasteiger partial charge in [-0.1, -0.05) is 12.1 Å². The zero-order chi connectivity index (χ0) is 14.5. The van der Waals surface area contributed by atoms with Crippen LogP contribution in [0.1, 0.15) is 25.7 Å². The summed E-state index contributed by atoms with van der Waals surface area (Å²) >= 11 is 1.59. The lowest BCUT2D eigenvalue weighted by atomic mass is 10.1. The molecule has 5 heteroatoms. The van der Waals surface area contributed by atoms with Gasteiger partial charge in [0.15, 0.2) is 0 Å². The van der Waals surface area contributed by atoms with Crippen LogP contribution in [0.25, 0.3) is 10.6 Å². The number of aromatic nitrogens is 1. The number of rotatable bonds is 5. The summed E-state index contributed by atoms with van der Waals surface area (Å²) in [5.41, 5.74) is 1.85. The van der Waals surface area contributed by atoms with Crippen molar-refractivity contribution >= 4 is 22.9 Å². The fourth-order valence-corrected chi connectivity index (χ4v) is 3.12. The fraction of sp³-hybridized carbons (Fsp3) is 0.375. The minimum atomic E-state index is 0.0433. The summed E-state index contributed by atoms with van der Waals surface area (Å²) in [4.78, 5) is 16.3. The van der Waals surface area contributed by atoms with Crippen LogP contribution in [0.4, 0.5) is 5.69 Å². The van der Waals surface area contributed by atoms with Crippen molar-refractivity contribution in [3.05, 3.63) is 35.8 Å². The molecule has 1 N–H and O–H groups in total. The zero-order valence-corrected chi connectivity index (χ0v) is 12.6. The molecule has 2 heterocycles. The summed E-state index contributed by atoms with van der Waals surface area (Å²) < 4.78 is 5.53. The summed E-state index contributed by atoms with van der Waals surface area (Å²) in [6, 6.07) is 7.80. The minimum Gasteiger partial charge on any atom is -0.378 e. The Morgan fingerprint density at radius 2 is 2.43 bits per heavy atom. The van der Waals surface area contributed by atoms with E-state index in [9.17, 15) is 4.79 Å². The van der Waals surface area contributed by atoms with Crippen LogP contribution in [0.15, 0.2) is 35.8 Å². The van der Waals surface area contributed by atoms with E-state index in [1.54, 1.807) is 17.5 Å². The van der Waals surface area contributed by atoms with Crippen molar-refractivity contribution in [1.82, 2.24) is 4.98 Å². The number of hydrogen-bond donors (Lipinski definition) is 1. The fourth-order valence-electron chi connectivity index (χ4n) is 2.48. The number of amides is 1. The van der Waals surface area contributed by atoms with Crippen LogP contribution in [-0.4, -0.2) is 23.6 Å². The molecule has 3 rings (SSSR count). The van der Waals surface area contributed by atoms with Gasteiger partial charge in [-0.3, -0.25) is 4.79 Å². The number of thiazole rings is 1. The number of hydrogen-bond acceptors (Lipinski definition) is 4. The highest BCUT2D eigenvalue weighted by molar-refractivity contribution is 7.13. The van der Waals surface area contributed by atoms with E-state index >= 15 is 0 Å². The molecule has 21 heavy (non-hydrogen) atoms. The maximum absolute atomic E-state index is 12.0. The molecule has 1 aromatic carbocycles. The van der Waals surface area contributed by atoms with E-state index in [0.29, 0.717) is 6.42 Å². The number of benzene rings is 1. The summed E-state index contributed by atoms with van der Waals surface area (Å²) in [5.74, 6) is 0.0433. The molecule has 1 amide bonds. The number of carbonyl (C=O) groups is 1. The van der Waals surface area contributed by atoms with Gasteiger partial charge in [0.25, 0.3) is 0 Å². The van der Waals surface area contributed by atoms with Crippen LogP contribution in [0.5, 0.6) is 0 Å². The summed E-state index contributed by atoms with van der Waals surface area (Å²) in [5, 5.41) is 5.86. The van der Waals surface area contributed by atoms with Crippen molar-refractivity contribution in [2.45, 2.75) is 31.8 Å². The third-order valence-electron chi connectivity index (χ3n) is 3.54. The number of carbonyl (C=O) groups excluding carboxylic acids is 1. The molecule has 1 aliphatic heterocycles. The molecular formula is C16H18N2O2S. The quantitative estimate of drug-likeness (QED) is 0.916. The molecule has 0 aliphatic carbocycles. The number of nitrogens with one attached hydrogen (secondary N) is 1. The molecule has 1 fully saturated rings. The van der Waals surface area contributed by atoms with Gasteiger partial charge in [-0.2, -0.15) is 0 Å². The van der Waals surface area contributed by atoms with E-state index in [4.69, 9.17) is 4.74 Å². The minimum absolute atomic E-state index is 0.0433. The van der Waals surface area contributed by atoms with Gasteiger partial charge in [0.1, 0.15) is 5.01 Å². The first-order valence-corrected chi connectivity index (χ1v) is 8.10. The lowest BCUT2D eigenvalue weighted by Gasteiger charge is -2.10. The molecule has 1 aliphatic rings. The molecule has 0 radical (unpaired) electrons. The largest absolute Gasteiger partial charge is 0.378 e. The van der Waals surface area contributed by atoms with Crippen LogP contribution >= 0.6 is 11.3 Å². The molecule has 0 bridgehead atoms. The Morgan fingerprint density at radius 1 is 1.48 bits per heavy atom. The van der Waals surface area contributed by atoms with E-state index in [2.05, 4.69) is 10.3 Å². The molecule has 0 saturated carbocycles. The molecule has 1 saturated heterocycles. The molecule has 0 unspecified atom stereocenters.